The molecule has 0 radical (unpaired) electrons. The van der Waals surface area contributed by atoms with Crippen LogP contribution in [0.2, 0.25) is 0 Å². The largest absolute Gasteiger partial charge is 0.481 e. The van der Waals surface area contributed by atoms with Crippen LogP contribution in [0.5, 0.6) is 0 Å². The van der Waals surface area contributed by atoms with Gasteiger partial charge in [0.1, 0.15) is 0 Å². The van der Waals surface area contributed by atoms with E-state index in [9.17, 15) is 9.59 Å². The minimum Gasteiger partial charge on any atom is -0.481 e. The minimum absolute atomic E-state index is 0.173. The summed E-state index contributed by atoms with van der Waals surface area (Å²) >= 11 is 0. The summed E-state index contributed by atoms with van der Waals surface area (Å²) in [6, 6.07) is 21.9. The molecular formula is C40H54N4O3. The lowest BCUT2D eigenvalue weighted by Crippen LogP contribution is -2.49. The fraction of sp³-hybridized carbons (Fsp3) is 0.550. The maximum Gasteiger partial charge on any atom is 0.303 e. The predicted octanol–water partition coefficient (Wildman–Crippen LogP) is 8.40. The molecule has 2 saturated heterocycles. The number of benzene rings is 2. The Labute approximate surface area is 279 Å². The van der Waals surface area contributed by atoms with Gasteiger partial charge in [-0.15, -0.1) is 0 Å². The molecule has 1 amide bonds. The molecule has 4 aromatic rings. The molecule has 252 valence electrons. The molecule has 4 unspecified atom stereocenters. The number of rotatable bonds is 6. The molecule has 2 aliphatic carbocycles. The number of H-pyrrole nitrogens is 2. The second-order valence-electron chi connectivity index (χ2n) is 14.2. The van der Waals surface area contributed by atoms with Gasteiger partial charge in [0.05, 0.1) is 6.42 Å². The molecule has 4 heterocycles. The number of aromatic nitrogens is 2. The first-order chi connectivity index (χ1) is 23.0. The smallest absolute Gasteiger partial charge is 0.303 e. The van der Waals surface area contributed by atoms with Crippen molar-refractivity contribution < 1.29 is 14.7 Å². The van der Waals surface area contributed by atoms with E-state index in [4.69, 9.17) is 5.11 Å². The maximum atomic E-state index is 12.8. The number of nitrogens with zero attached hydrogens (tertiary/aromatic N) is 1. The molecule has 2 saturated carbocycles. The first-order valence-corrected chi connectivity index (χ1v) is 18.4. The average Bonchev–Trinajstić information content (AvgIpc) is 3.74. The molecule has 4 N–H and O–H groups in total. The van der Waals surface area contributed by atoms with E-state index in [2.05, 4.69) is 44.5 Å². The third-order valence-electron chi connectivity index (χ3n) is 11.0. The molecule has 2 aliphatic heterocycles. The summed E-state index contributed by atoms with van der Waals surface area (Å²) in [6.07, 6.45) is 18.7. The zero-order valence-corrected chi connectivity index (χ0v) is 28.0. The number of carboxylic acids is 1. The highest BCUT2D eigenvalue weighted by molar-refractivity contribution is 5.81. The maximum absolute atomic E-state index is 12.8. The number of fused-ring (bicyclic) bond motifs is 4. The molecule has 2 aromatic heterocycles. The number of aromatic amines is 2. The van der Waals surface area contributed by atoms with Crippen LogP contribution in [0.1, 0.15) is 101 Å². The van der Waals surface area contributed by atoms with E-state index in [1.165, 1.54) is 100 Å². The molecule has 4 fully saturated rings. The SMILES string of the molecule is C1CCC2NCCCC2C1.O=C(CCc1cc2ccccc2[nH]1)N1CCCC2CCCCC21.O=C(O)CCc1cc2ccccc2[nH]1. The summed E-state index contributed by atoms with van der Waals surface area (Å²) in [5.74, 6) is 1.42. The first kappa shape index (κ1) is 33.3. The highest BCUT2D eigenvalue weighted by atomic mass is 16.4. The topological polar surface area (TPSA) is 101 Å². The van der Waals surface area contributed by atoms with Crippen LogP contribution >= 0.6 is 0 Å². The number of amides is 1. The zero-order chi connectivity index (χ0) is 32.4. The van der Waals surface area contributed by atoms with E-state index in [0.29, 0.717) is 24.8 Å². The van der Waals surface area contributed by atoms with Crippen LogP contribution < -0.4 is 5.32 Å². The molecule has 7 nitrogen and oxygen atoms in total. The van der Waals surface area contributed by atoms with Crippen LogP contribution in [0.25, 0.3) is 21.8 Å². The number of nitrogens with one attached hydrogen (secondary N) is 3. The highest BCUT2D eigenvalue weighted by Crippen LogP contribution is 2.35. The van der Waals surface area contributed by atoms with Crippen molar-refractivity contribution in [3.8, 4) is 0 Å². The van der Waals surface area contributed by atoms with E-state index in [0.717, 1.165) is 47.4 Å². The van der Waals surface area contributed by atoms with Crippen molar-refractivity contribution in [1.29, 1.82) is 0 Å². The number of aliphatic carboxylic acids is 1. The van der Waals surface area contributed by atoms with Crippen LogP contribution in [0, 0.1) is 11.8 Å². The van der Waals surface area contributed by atoms with E-state index in [-0.39, 0.29) is 6.42 Å². The molecular weight excluding hydrogens is 584 g/mol. The molecule has 0 spiro atoms. The molecule has 4 aliphatic rings. The minimum atomic E-state index is -0.761. The fourth-order valence-corrected chi connectivity index (χ4v) is 8.57. The van der Waals surface area contributed by atoms with Gasteiger partial charge in [-0.3, -0.25) is 9.59 Å². The quantitative estimate of drug-likeness (QED) is 0.170. The van der Waals surface area contributed by atoms with Gasteiger partial charge in [-0.05, 0) is 118 Å². The molecule has 8 rings (SSSR count). The van der Waals surface area contributed by atoms with Crippen molar-refractivity contribution in [2.45, 2.75) is 115 Å². The second-order valence-corrected chi connectivity index (χ2v) is 14.2. The van der Waals surface area contributed by atoms with Gasteiger partial charge in [-0.1, -0.05) is 62.1 Å². The predicted molar refractivity (Wildman–Crippen MR) is 191 cm³/mol. The van der Waals surface area contributed by atoms with Gasteiger partial charge < -0.3 is 25.3 Å². The monoisotopic (exact) mass is 638 g/mol. The number of carbonyl (C=O) groups is 2. The number of likely N-dealkylation sites (tertiary alicyclic amines) is 1. The third kappa shape index (κ3) is 9.07. The van der Waals surface area contributed by atoms with Crippen molar-refractivity contribution in [2.75, 3.05) is 13.1 Å². The molecule has 4 atom stereocenters. The van der Waals surface area contributed by atoms with Gasteiger partial charge in [0.25, 0.3) is 0 Å². The van der Waals surface area contributed by atoms with Crippen molar-refractivity contribution in [2.24, 2.45) is 11.8 Å². The summed E-state index contributed by atoms with van der Waals surface area (Å²) in [7, 11) is 0. The lowest BCUT2D eigenvalue weighted by atomic mass is 9.78. The Balaban J connectivity index is 0.000000136. The Morgan fingerprint density at radius 1 is 0.681 bits per heavy atom. The summed E-state index contributed by atoms with van der Waals surface area (Å²) in [5, 5.41) is 14.5. The highest BCUT2D eigenvalue weighted by Gasteiger charge is 2.35. The summed E-state index contributed by atoms with van der Waals surface area (Å²) in [4.78, 5) is 32.0. The lowest BCUT2D eigenvalue weighted by Gasteiger charge is -2.44. The number of carboxylic acid groups (broad SMARTS) is 1. The number of para-hydroxylation sites is 2. The third-order valence-corrected chi connectivity index (χ3v) is 11.0. The van der Waals surface area contributed by atoms with Crippen LogP contribution in [-0.4, -0.2) is 57.0 Å². The van der Waals surface area contributed by atoms with Gasteiger partial charge in [-0.25, -0.2) is 0 Å². The standard InChI is InChI=1S/C20H26N2O.C11H11NO2.C9H17N/c23-20(22-13-5-8-15-6-2-4-10-19(15)22)12-11-17-14-16-7-1-3-9-18(16)21-17;13-11(14)6-5-9-7-8-3-1-2-4-10(8)12-9;1-2-6-9-8(4-1)5-3-7-10-9/h1,3,7,9,14-15,19,21H,2,4-6,8,10-13H2;1-4,7,12H,5-6H2,(H,13,14);8-10H,1-7H2. The normalized spacial score (nSPS) is 23.9. The number of aryl methyl sites for hydroxylation is 2. The van der Waals surface area contributed by atoms with Crippen molar-refractivity contribution >= 4 is 33.7 Å². The summed E-state index contributed by atoms with van der Waals surface area (Å²) in [5.41, 5.74) is 4.39. The van der Waals surface area contributed by atoms with Crippen LogP contribution in [0.15, 0.2) is 60.7 Å². The molecule has 0 bridgehead atoms. The first-order valence-electron chi connectivity index (χ1n) is 18.4. The van der Waals surface area contributed by atoms with Crippen molar-refractivity contribution in [3.63, 3.8) is 0 Å². The average molecular weight is 639 g/mol. The summed E-state index contributed by atoms with van der Waals surface area (Å²) < 4.78 is 0. The Morgan fingerprint density at radius 2 is 1.26 bits per heavy atom. The number of piperidine rings is 2. The molecule has 7 heteroatoms. The van der Waals surface area contributed by atoms with Crippen molar-refractivity contribution in [1.82, 2.24) is 20.2 Å². The van der Waals surface area contributed by atoms with Crippen LogP contribution in [-0.2, 0) is 22.4 Å². The Kier molecular flexibility index (Phi) is 11.7. The Bertz CT molecular complexity index is 1500. The van der Waals surface area contributed by atoms with Crippen molar-refractivity contribution in [3.05, 3.63) is 72.1 Å². The number of hydrogen-bond acceptors (Lipinski definition) is 3. The zero-order valence-electron chi connectivity index (χ0n) is 28.0. The van der Waals surface area contributed by atoms with Gasteiger partial charge >= 0.3 is 5.97 Å². The van der Waals surface area contributed by atoms with Crippen LogP contribution in [0.4, 0.5) is 0 Å². The van der Waals surface area contributed by atoms with Gasteiger partial charge in [0.2, 0.25) is 5.91 Å². The van der Waals surface area contributed by atoms with Gasteiger partial charge in [0.15, 0.2) is 0 Å². The van der Waals surface area contributed by atoms with Crippen LogP contribution in [0.3, 0.4) is 0 Å². The number of hydrogen-bond donors (Lipinski definition) is 4. The molecule has 2 aromatic carbocycles. The Morgan fingerprint density at radius 3 is 1.91 bits per heavy atom. The summed E-state index contributed by atoms with van der Waals surface area (Å²) in [6.45, 7) is 2.26. The Hall–Kier alpha value is -3.58. The van der Waals surface area contributed by atoms with E-state index in [1.807, 2.05) is 36.4 Å². The van der Waals surface area contributed by atoms with E-state index >= 15 is 0 Å². The fourth-order valence-electron chi connectivity index (χ4n) is 8.57. The second kappa shape index (κ2) is 16.5. The van der Waals surface area contributed by atoms with E-state index in [1.54, 1.807) is 0 Å². The van der Waals surface area contributed by atoms with Gasteiger partial charge in [0, 0.05) is 47.5 Å². The molecule has 47 heavy (non-hydrogen) atoms. The van der Waals surface area contributed by atoms with E-state index < -0.39 is 5.97 Å². The lowest BCUT2D eigenvalue weighted by molar-refractivity contribution is -0.138. The van der Waals surface area contributed by atoms with Gasteiger partial charge in [-0.2, -0.15) is 0 Å². The number of carbonyl (C=O) groups excluding carboxylic acids is 1.